The molecule has 4 rings (SSSR count). The zero-order valence-corrected chi connectivity index (χ0v) is 16.8. The van der Waals surface area contributed by atoms with E-state index in [-0.39, 0.29) is 17.8 Å². The van der Waals surface area contributed by atoms with Gasteiger partial charge in [-0.25, -0.2) is 9.37 Å². The lowest BCUT2D eigenvalue weighted by molar-refractivity contribution is -0.132. The Hall–Kier alpha value is -2.34. The van der Waals surface area contributed by atoms with E-state index in [1.54, 1.807) is 23.9 Å². The zero-order chi connectivity index (χ0) is 19.5. The highest BCUT2D eigenvalue weighted by molar-refractivity contribution is 7.98. The molecule has 2 heterocycles. The summed E-state index contributed by atoms with van der Waals surface area (Å²) >= 11 is 1.70. The van der Waals surface area contributed by atoms with Gasteiger partial charge in [-0.2, -0.15) is 11.8 Å². The van der Waals surface area contributed by atoms with Crippen LogP contribution in [0.15, 0.2) is 48.5 Å². The number of halogens is 1. The molecule has 1 saturated heterocycles. The summed E-state index contributed by atoms with van der Waals surface area (Å²) in [5.41, 5.74) is 2.65. The first-order valence-electron chi connectivity index (χ1n) is 9.67. The Morgan fingerprint density at radius 3 is 2.64 bits per heavy atom. The van der Waals surface area contributed by atoms with Crippen molar-refractivity contribution in [3.63, 3.8) is 0 Å². The number of hydrogen-bond donors (Lipinski definition) is 0. The van der Waals surface area contributed by atoms with E-state index in [0.717, 1.165) is 54.1 Å². The second-order valence-electron chi connectivity index (χ2n) is 7.16. The normalized spacial score (nSPS) is 15.3. The molecular weight excluding hydrogens is 373 g/mol. The minimum Gasteiger partial charge on any atom is -0.343 e. The number of likely N-dealkylation sites (tertiary alicyclic amines) is 1. The van der Waals surface area contributed by atoms with Crippen molar-refractivity contribution in [3.05, 3.63) is 54.3 Å². The van der Waals surface area contributed by atoms with Gasteiger partial charge in [0.2, 0.25) is 5.91 Å². The molecule has 1 aliphatic rings. The highest BCUT2D eigenvalue weighted by Crippen LogP contribution is 2.33. The van der Waals surface area contributed by atoms with E-state index in [1.165, 1.54) is 6.07 Å². The fourth-order valence-corrected chi connectivity index (χ4v) is 4.33. The van der Waals surface area contributed by atoms with Crippen molar-refractivity contribution in [2.24, 2.45) is 0 Å². The summed E-state index contributed by atoms with van der Waals surface area (Å²) in [5, 5.41) is 0. The zero-order valence-electron chi connectivity index (χ0n) is 16.0. The number of amides is 1. The van der Waals surface area contributed by atoms with Gasteiger partial charge in [0, 0.05) is 36.9 Å². The smallest absolute Gasteiger partial charge is 0.223 e. The second kappa shape index (κ2) is 8.35. The quantitative estimate of drug-likeness (QED) is 0.623. The molecule has 0 spiro atoms. The van der Waals surface area contributed by atoms with Gasteiger partial charge >= 0.3 is 0 Å². The summed E-state index contributed by atoms with van der Waals surface area (Å²) in [4.78, 5) is 19.1. The fraction of sp³-hybridized carbons (Fsp3) is 0.364. The fourth-order valence-electron chi connectivity index (χ4n) is 3.95. The van der Waals surface area contributed by atoms with Crippen LogP contribution in [0, 0.1) is 5.82 Å². The van der Waals surface area contributed by atoms with Crippen LogP contribution in [0.5, 0.6) is 0 Å². The predicted octanol–water partition coefficient (Wildman–Crippen LogP) is 4.76. The third-order valence-electron chi connectivity index (χ3n) is 5.39. The van der Waals surface area contributed by atoms with Gasteiger partial charge in [-0.1, -0.05) is 30.3 Å². The Morgan fingerprint density at radius 1 is 1.18 bits per heavy atom. The number of benzene rings is 2. The Kier molecular flexibility index (Phi) is 5.67. The predicted molar refractivity (Wildman–Crippen MR) is 113 cm³/mol. The molecule has 0 unspecified atom stereocenters. The minimum atomic E-state index is -0.252. The monoisotopic (exact) mass is 397 g/mol. The number of fused-ring (bicyclic) bond motifs is 1. The van der Waals surface area contributed by atoms with Crippen molar-refractivity contribution in [2.45, 2.75) is 25.3 Å². The molecule has 0 bridgehead atoms. The third kappa shape index (κ3) is 3.78. The highest BCUT2D eigenvalue weighted by Gasteiger charge is 2.27. The number of carbonyl (C=O) groups excluding carboxylic acids is 1. The van der Waals surface area contributed by atoms with E-state index in [4.69, 9.17) is 4.98 Å². The Balaban J connectivity index is 1.65. The Morgan fingerprint density at radius 2 is 1.93 bits per heavy atom. The average Bonchev–Trinajstić information content (AvgIpc) is 3.11. The highest BCUT2D eigenvalue weighted by atomic mass is 32.2. The van der Waals surface area contributed by atoms with Crippen LogP contribution in [-0.2, 0) is 4.79 Å². The molecule has 1 amide bonds. The Bertz CT molecular complexity index is 965. The van der Waals surface area contributed by atoms with Crippen LogP contribution < -0.4 is 0 Å². The molecule has 2 aromatic carbocycles. The summed E-state index contributed by atoms with van der Waals surface area (Å²) in [6.45, 7) is 1.47. The molecule has 28 heavy (non-hydrogen) atoms. The molecule has 1 aliphatic heterocycles. The summed E-state index contributed by atoms with van der Waals surface area (Å²) < 4.78 is 16.2. The van der Waals surface area contributed by atoms with Crippen LogP contribution in [-0.4, -0.2) is 45.5 Å². The number of carbonyl (C=O) groups is 1. The summed E-state index contributed by atoms with van der Waals surface area (Å²) in [5.74, 6) is 1.71. The van der Waals surface area contributed by atoms with E-state index in [9.17, 15) is 9.18 Å². The number of hydrogen-bond acceptors (Lipinski definition) is 3. The maximum atomic E-state index is 14.0. The van der Waals surface area contributed by atoms with E-state index >= 15 is 0 Å². The van der Waals surface area contributed by atoms with E-state index in [2.05, 4.69) is 4.57 Å². The molecule has 146 valence electrons. The van der Waals surface area contributed by atoms with Gasteiger partial charge in [0.05, 0.1) is 11.0 Å². The summed E-state index contributed by atoms with van der Waals surface area (Å²) in [7, 11) is 0. The SMILES string of the molecule is CSCCC(=O)N1CCC(n2c(-c3ccccc3)nc3ccc(F)cc32)CC1. The second-order valence-corrected chi connectivity index (χ2v) is 8.14. The maximum Gasteiger partial charge on any atom is 0.223 e. The lowest BCUT2D eigenvalue weighted by Gasteiger charge is -2.33. The van der Waals surface area contributed by atoms with Gasteiger partial charge in [0.1, 0.15) is 11.6 Å². The molecule has 6 heteroatoms. The standard InChI is InChI=1S/C22H24FN3OS/c1-28-14-11-21(27)25-12-9-18(10-13-25)26-20-15-17(23)7-8-19(20)24-22(26)16-5-3-2-4-6-16/h2-8,15,18H,9-14H2,1H3. The third-order valence-corrected chi connectivity index (χ3v) is 6.00. The molecule has 1 aromatic heterocycles. The molecule has 0 atom stereocenters. The first kappa shape index (κ1) is 19.0. The van der Waals surface area contributed by atoms with Crippen LogP contribution in [0.2, 0.25) is 0 Å². The van der Waals surface area contributed by atoms with Crippen molar-refractivity contribution in [2.75, 3.05) is 25.1 Å². The largest absolute Gasteiger partial charge is 0.343 e. The van der Waals surface area contributed by atoms with Crippen molar-refractivity contribution in [1.29, 1.82) is 0 Å². The van der Waals surface area contributed by atoms with Gasteiger partial charge in [-0.3, -0.25) is 4.79 Å². The molecule has 0 radical (unpaired) electrons. The molecule has 1 fully saturated rings. The number of imidazole rings is 1. The number of rotatable bonds is 5. The number of piperidine rings is 1. The van der Waals surface area contributed by atoms with Crippen molar-refractivity contribution in [1.82, 2.24) is 14.5 Å². The molecule has 0 saturated carbocycles. The van der Waals surface area contributed by atoms with Crippen LogP contribution in [0.4, 0.5) is 4.39 Å². The topological polar surface area (TPSA) is 38.1 Å². The van der Waals surface area contributed by atoms with Crippen LogP contribution >= 0.6 is 11.8 Å². The number of thioether (sulfide) groups is 1. The molecule has 0 N–H and O–H groups in total. The van der Waals surface area contributed by atoms with E-state index in [0.29, 0.717) is 6.42 Å². The summed E-state index contributed by atoms with van der Waals surface area (Å²) in [6.07, 6.45) is 4.33. The van der Waals surface area contributed by atoms with Gasteiger partial charge in [0.25, 0.3) is 0 Å². The van der Waals surface area contributed by atoms with Crippen molar-refractivity contribution >= 4 is 28.7 Å². The lowest BCUT2D eigenvalue weighted by Crippen LogP contribution is -2.39. The lowest BCUT2D eigenvalue weighted by atomic mass is 10.0. The van der Waals surface area contributed by atoms with Gasteiger partial charge in [-0.15, -0.1) is 0 Å². The van der Waals surface area contributed by atoms with Crippen molar-refractivity contribution < 1.29 is 9.18 Å². The van der Waals surface area contributed by atoms with Crippen LogP contribution in [0.3, 0.4) is 0 Å². The number of nitrogens with zero attached hydrogens (tertiary/aromatic N) is 3. The number of aromatic nitrogens is 2. The molecular formula is C22H24FN3OS. The van der Waals surface area contributed by atoms with Crippen molar-refractivity contribution in [3.8, 4) is 11.4 Å². The Labute approximate surface area is 168 Å². The van der Waals surface area contributed by atoms with Crippen LogP contribution in [0.1, 0.15) is 25.3 Å². The molecule has 0 aliphatic carbocycles. The molecule has 4 nitrogen and oxygen atoms in total. The van der Waals surface area contributed by atoms with Gasteiger partial charge in [-0.05, 0) is 37.3 Å². The summed E-state index contributed by atoms with van der Waals surface area (Å²) in [6, 6.07) is 15.0. The van der Waals surface area contributed by atoms with Gasteiger partial charge < -0.3 is 9.47 Å². The molecule has 3 aromatic rings. The maximum absolute atomic E-state index is 14.0. The van der Waals surface area contributed by atoms with Crippen LogP contribution in [0.25, 0.3) is 22.4 Å². The first-order valence-corrected chi connectivity index (χ1v) is 11.1. The average molecular weight is 398 g/mol. The van der Waals surface area contributed by atoms with E-state index < -0.39 is 0 Å². The van der Waals surface area contributed by atoms with Gasteiger partial charge in [0.15, 0.2) is 0 Å². The first-order chi connectivity index (χ1) is 13.7. The van der Waals surface area contributed by atoms with E-state index in [1.807, 2.05) is 41.5 Å². The minimum absolute atomic E-state index is 0.201.